The SMILES string of the molecule is COC[C@H]1O[C@H](OC)[C@H](OC)[C@@H](OC)[C@@H]1OC. The first kappa shape index (κ1) is 14.8. The predicted octanol–water partition coefficient (Wildman–Crippen LogP) is 0.0491. The molecule has 1 fully saturated rings. The van der Waals surface area contributed by atoms with Crippen LogP contribution in [-0.2, 0) is 28.4 Å². The van der Waals surface area contributed by atoms with Gasteiger partial charge in [-0.05, 0) is 0 Å². The molecule has 0 aromatic rings. The molecule has 6 heteroatoms. The summed E-state index contributed by atoms with van der Waals surface area (Å²) in [6, 6.07) is 0. The van der Waals surface area contributed by atoms with E-state index in [9.17, 15) is 0 Å². The van der Waals surface area contributed by atoms with Crippen LogP contribution in [0.3, 0.4) is 0 Å². The van der Waals surface area contributed by atoms with Crippen LogP contribution >= 0.6 is 0 Å². The topological polar surface area (TPSA) is 55.4 Å². The fraction of sp³-hybridized carbons (Fsp3) is 1.00. The summed E-state index contributed by atoms with van der Waals surface area (Å²) in [6.45, 7) is 0.411. The number of hydrogen-bond acceptors (Lipinski definition) is 6. The van der Waals surface area contributed by atoms with E-state index < -0.39 is 6.29 Å². The first-order valence-electron chi connectivity index (χ1n) is 5.49. The molecule has 5 atom stereocenters. The summed E-state index contributed by atoms with van der Waals surface area (Å²) in [5, 5.41) is 0. The van der Waals surface area contributed by atoms with Crippen molar-refractivity contribution in [3.8, 4) is 0 Å². The third-order valence-electron chi connectivity index (χ3n) is 2.97. The largest absolute Gasteiger partial charge is 0.382 e. The molecule has 0 radical (unpaired) electrons. The molecule has 0 aromatic heterocycles. The molecule has 0 aromatic carbocycles. The van der Waals surface area contributed by atoms with E-state index in [1.807, 2.05) is 0 Å². The Morgan fingerprint density at radius 2 is 1.35 bits per heavy atom. The minimum atomic E-state index is -0.489. The van der Waals surface area contributed by atoms with Gasteiger partial charge in [0.25, 0.3) is 0 Å². The molecule has 17 heavy (non-hydrogen) atoms. The maximum Gasteiger partial charge on any atom is 0.186 e. The predicted molar refractivity (Wildman–Crippen MR) is 59.9 cm³/mol. The summed E-state index contributed by atoms with van der Waals surface area (Å²) in [4.78, 5) is 0. The first-order chi connectivity index (χ1) is 8.23. The Kier molecular flexibility index (Phi) is 6.32. The molecule has 0 N–H and O–H groups in total. The summed E-state index contributed by atoms with van der Waals surface area (Å²) < 4.78 is 32.3. The van der Waals surface area contributed by atoms with Crippen molar-refractivity contribution in [1.29, 1.82) is 0 Å². The van der Waals surface area contributed by atoms with Crippen molar-refractivity contribution >= 4 is 0 Å². The van der Waals surface area contributed by atoms with Crippen molar-refractivity contribution < 1.29 is 28.4 Å². The summed E-state index contributed by atoms with van der Waals surface area (Å²) in [5.41, 5.74) is 0. The fourth-order valence-corrected chi connectivity index (χ4v) is 2.17. The second-order valence-electron chi connectivity index (χ2n) is 3.83. The van der Waals surface area contributed by atoms with Gasteiger partial charge < -0.3 is 28.4 Å². The van der Waals surface area contributed by atoms with Crippen LogP contribution in [-0.4, -0.2) is 72.9 Å². The number of rotatable bonds is 6. The molecule has 0 amide bonds. The van der Waals surface area contributed by atoms with Gasteiger partial charge in [-0.3, -0.25) is 0 Å². The van der Waals surface area contributed by atoms with Gasteiger partial charge in [-0.25, -0.2) is 0 Å². The Morgan fingerprint density at radius 1 is 0.765 bits per heavy atom. The molecule has 1 aliphatic heterocycles. The van der Waals surface area contributed by atoms with Crippen molar-refractivity contribution in [2.75, 3.05) is 42.2 Å². The second kappa shape index (κ2) is 7.25. The molecule has 0 bridgehead atoms. The third-order valence-corrected chi connectivity index (χ3v) is 2.97. The van der Waals surface area contributed by atoms with E-state index in [4.69, 9.17) is 28.4 Å². The zero-order valence-electron chi connectivity index (χ0n) is 11.0. The lowest BCUT2D eigenvalue weighted by molar-refractivity contribution is -0.307. The van der Waals surface area contributed by atoms with E-state index in [0.29, 0.717) is 6.61 Å². The Bertz CT molecular complexity index is 212. The Balaban J connectivity index is 2.84. The molecule has 6 nitrogen and oxygen atoms in total. The van der Waals surface area contributed by atoms with Crippen LogP contribution in [0.25, 0.3) is 0 Å². The second-order valence-corrected chi connectivity index (χ2v) is 3.83. The summed E-state index contributed by atoms with van der Waals surface area (Å²) >= 11 is 0. The molecule has 1 heterocycles. The minimum Gasteiger partial charge on any atom is -0.382 e. The van der Waals surface area contributed by atoms with E-state index >= 15 is 0 Å². The third kappa shape index (κ3) is 3.15. The van der Waals surface area contributed by atoms with Crippen molar-refractivity contribution in [2.45, 2.75) is 30.7 Å². The Hall–Kier alpha value is -0.240. The molecular formula is C11H22O6. The Morgan fingerprint density at radius 3 is 1.76 bits per heavy atom. The van der Waals surface area contributed by atoms with E-state index in [1.165, 1.54) is 0 Å². The average molecular weight is 250 g/mol. The van der Waals surface area contributed by atoms with E-state index in [0.717, 1.165) is 0 Å². The highest BCUT2D eigenvalue weighted by molar-refractivity contribution is 4.92. The average Bonchev–Trinajstić information content (AvgIpc) is 2.37. The highest BCUT2D eigenvalue weighted by Gasteiger charge is 2.47. The lowest BCUT2D eigenvalue weighted by atomic mass is 9.98. The van der Waals surface area contributed by atoms with E-state index in [-0.39, 0.29) is 24.4 Å². The van der Waals surface area contributed by atoms with Gasteiger partial charge in [0.1, 0.15) is 24.4 Å². The normalized spacial score (nSPS) is 38.3. The summed E-state index contributed by atoms with van der Waals surface area (Å²) in [7, 11) is 8.01. The molecular weight excluding hydrogens is 228 g/mol. The van der Waals surface area contributed by atoms with Crippen LogP contribution in [0, 0.1) is 0 Å². The van der Waals surface area contributed by atoms with Crippen LogP contribution in [0.2, 0.25) is 0 Å². The standard InChI is InChI=1S/C11H22O6/c1-12-6-7-8(13-2)9(14-3)10(15-4)11(16-5)17-7/h7-11H,6H2,1-5H3/t7-,8-,9+,10-,11+/m1/s1. The van der Waals surface area contributed by atoms with Crippen LogP contribution in [0.5, 0.6) is 0 Å². The maximum absolute atomic E-state index is 5.74. The van der Waals surface area contributed by atoms with Crippen molar-refractivity contribution in [2.24, 2.45) is 0 Å². The molecule has 0 unspecified atom stereocenters. The van der Waals surface area contributed by atoms with Gasteiger partial charge in [0.2, 0.25) is 0 Å². The van der Waals surface area contributed by atoms with Gasteiger partial charge in [0.15, 0.2) is 6.29 Å². The quantitative estimate of drug-likeness (QED) is 0.664. The molecule has 102 valence electrons. The van der Waals surface area contributed by atoms with Crippen LogP contribution in [0.4, 0.5) is 0 Å². The van der Waals surface area contributed by atoms with Crippen molar-refractivity contribution in [1.82, 2.24) is 0 Å². The molecule has 1 rings (SSSR count). The maximum atomic E-state index is 5.74. The van der Waals surface area contributed by atoms with Crippen LogP contribution < -0.4 is 0 Å². The zero-order chi connectivity index (χ0) is 12.8. The Labute approximate surface area is 102 Å². The van der Waals surface area contributed by atoms with E-state index in [2.05, 4.69) is 0 Å². The summed E-state index contributed by atoms with van der Waals surface area (Å²) in [6.07, 6.45) is -1.58. The zero-order valence-corrected chi connectivity index (χ0v) is 11.0. The van der Waals surface area contributed by atoms with Gasteiger partial charge in [0.05, 0.1) is 6.61 Å². The lowest BCUT2D eigenvalue weighted by Gasteiger charge is -2.44. The molecule has 1 saturated heterocycles. The van der Waals surface area contributed by atoms with Crippen LogP contribution in [0.15, 0.2) is 0 Å². The van der Waals surface area contributed by atoms with Crippen LogP contribution in [0.1, 0.15) is 0 Å². The lowest BCUT2D eigenvalue weighted by Crippen LogP contribution is -2.61. The van der Waals surface area contributed by atoms with E-state index in [1.54, 1.807) is 35.5 Å². The van der Waals surface area contributed by atoms with Gasteiger partial charge in [0, 0.05) is 35.5 Å². The van der Waals surface area contributed by atoms with Gasteiger partial charge in [-0.1, -0.05) is 0 Å². The van der Waals surface area contributed by atoms with Crippen molar-refractivity contribution in [3.63, 3.8) is 0 Å². The first-order valence-corrected chi connectivity index (χ1v) is 5.49. The molecule has 0 aliphatic carbocycles. The monoisotopic (exact) mass is 250 g/mol. The highest BCUT2D eigenvalue weighted by atomic mass is 16.7. The van der Waals surface area contributed by atoms with Gasteiger partial charge >= 0.3 is 0 Å². The van der Waals surface area contributed by atoms with Gasteiger partial charge in [-0.15, -0.1) is 0 Å². The number of hydrogen-bond donors (Lipinski definition) is 0. The number of ether oxygens (including phenoxy) is 6. The van der Waals surface area contributed by atoms with Gasteiger partial charge in [-0.2, -0.15) is 0 Å². The molecule has 1 aliphatic rings. The minimum absolute atomic E-state index is 0.244. The fourth-order valence-electron chi connectivity index (χ4n) is 2.17. The van der Waals surface area contributed by atoms with Crippen molar-refractivity contribution in [3.05, 3.63) is 0 Å². The summed E-state index contributed by atoms with van der Waals surface area (Å²) in [5.74, 6) is 0. The smallest absolute Gasteiger partial charge is 0.186 e. The molecule has 0 spiro atoms. The number of methoxy groups -OCH3 is 5. The highest BCUT2D eigenvalue weighted by Crippen LogP contribution is 2.27. The molecule has 0 saturated carbocycles.